The van der Waals surface area contributed by atoms with Crippen LogP contribution in [-0.2, 0) is 0 Å². The quantitative estimate of drug-likeness (QED) is 0.616. The topological polar surface area (TPSA) is 26.0 Å². The molecule has 0 heterocycles. The number of nitrogens with two attached hydrogens (primary N) is 1. The van der Waals surface area contributed by atoms with Gasteiger partial charge in [0.15, 0.2) is 0 Å². The zero-order chi connectivity index (χ0) is 9.84. The lowest BCUT2D eigenvalue weighted by atomic mass is 10.1. The van der Waals surface area contributed by atoms with Gasteiger partial charge in [-0.3, -0.25) is 0 Å². The maximum atomic E-state index is 5.95. The van der Waals surface area contributed by atoms with Crippen LogP contribution in [0.15, 0.2) is 18.2 Å². The monoisotopic (exact) mass is 213 g/mol. The molecule has 1 rings (SSSR count). The summed E-state index contributed by atoms with van der Waals surface area (Å²) in [7, 11) is 0. The molecule has 13 heavy (non-hydrogen) atoms. The predicted molar refractivity (Wildman–Crippen MR) is 65.4 cm³/mol. The number of thioether (sulfide) groups is 2. The Labute approximate surface area is 88.5 Å². The first-order chi connectivity index (χ1) is 6.20. The van der Waals surface area contributed by atoms with E-state index in [1.807, 2.05) is 35.7 Å². The Morgan fingerprint density at radius 2 is 1.85 bits per heavy atom. The average Bonchev–Trinajstić information content (AvgIpc) is 2.11. The highest BCUT2D eigenvalue weighted by Crippen LogP contribution is 2.40. The molecule has 0 saturated carbocycles. The summed E-state index contributed by atoms with van der Waals surface area (Å²) in [6.07, 6.45) is 4.24. The smallest absolute Gasteiger partial charge is 0.0768 e. The molecule has 72 valence electrons. The summed E-state index contributed by atoms with van der Waals surface area (Å²) in [5, 5.41) is 0. The number of anilines is 1. The molecule has 0 aliphatic carbocycles. The normalized spacial score (nSPS) is 10.8. The van der Waals surface area contributed by atoms with Crippen LogP contribution in [0.1, 0.15) is 15.7 Å². The summed E-state index contributed by atoms with van der Waals surface area (Å²) < 4.78 is 0.459. The minimum absolute atomic E-state index is 0.459. The number of nitrogen functional groups attached to an aromatic ring is 1. The number of hydrogen-bond donors (Lipinski definition) is 1. The third-order valence-corrected chi connectivity index (χ3v) is 4.50. The minimum atomic E-state index is 0.459. The van der Waals surface area contributed by atoms with Gasteiger partial charge in [-0.2, -0.15) is 0 Å². The summed E-state index contributed by atoms with van der Waals surface area (Å²) >= 11 is 3.67. The Kier molecular flexibility index (Phi) is 4.00. The van der Waals surface area contributed by atoms with E-state index in [1.165, 1.54) is 11.1 Å². The SMILES string of the molecule is CSC(SC)c1c(C)cccc1N. The van der Waals surface area contributed by atoms with Gasteiger partial charge in [-0.15, -0.1) is 23.5 Å². The van der Waals surface area contributed by atoms with Gasteiger partial charge in [-0.1, -0.05) is 12.1 Å². The molecule has 2 N–H and O–H groups in total. The fraction of sp³-hybridized carbons (Fsp3) is 0.400. The van der Waals surface area contributed by atoms with Gasteiger partial charge in [0.1, 0.15) is 0 Å². The molecule has 0 unspecified atom stereocenters. The molecule has 3 heteroatoms. The fourth-order valence-electron chi connectivity index (χ4n) is 1.36. The van der Waals surface area contributed by atoms with Gasteiger partial charge >= 0.3 is 0 Å². The van der Waals surface area contributed by atoms with Crippen molar-refractivity contribution in [3.63, 3.8) is 0 Å². The van der Waals surface area contributed by atoms with E-state index in [0.29, 0.717) is 4.58 Å². The van der Waals surface area contributed by atoms with Crippen LogP contribution < -0.4 is 5.73 Å². The molecule has 0 aliphatic heterocycles. The van der Waals surface area contributed by atoms with Gasteiger partial charge in [0.2, 0.25) is 0 Å². The molecule has 0 radical (unpaired) electrons. The lowest BCUT2D eigenvalue weighted by molar-refractivity contribution is 1.29. The first-order valence-corrected chi connectivity index (χ1v) is 6.69. The van der Waals surface area contributed by atoms with Crippen LogP contribution in [0.2, 0.25) is 0 Å². The van der Waals surface area contributed by atoms with Gasteiger partial charge in [0.05, 0.1) is 4.58 Å². The Hall–Kier alpha value is -0.280. The second kappa shape index (κ2) is 4.82. The number of rotatable bonds is 3. The zero-order valence-electron chi connectivity index (χ0n) is 8.20. The predicted octanol–water partition coefficient (Wildman–Crippen LogP) is 3.30. The van der Waals surface area contributed by atoms with Crippen molar-refractivity contribution in [2.24, 2.45) is 0 Å². The second-order valence-electron chi connectivity index (χ2n) is 2.88. The van der Waals surface area contributed by atoms with Crippen LogP contribution >= 0.6 is 23.5 Å². The van der Waals surface area contributed by atoms with E-state index in [0.717, 1.165) is 5.69 Å². The van der Waals surface area contributed by atoms with Crippen molar-refractivity contribution in [2.45, 2.75) is 11.5 Å². The van der Waals surface area contributed by atoms with Crippen LogP contribution in [0.5, 0.6) is 0 Å². The van der Waals surface area contributed by atoms with Gasteiger partial charge in [0, 0.05) is 11.3 Å². The first kappa shape index (κ1) is 10.8. The Balaban J connectivity index is 3.10. The van der Waals surface area contributed by atoms with E-state index in [4.69, 9.17) is 5.73 Å². The molecule has 0 atom stereocenters. The summed E-state index contributed by atoms with van der Waals surface area (Å²) in [6, 6.07) is 6.10. The average molecular weight is 213 g/mol. The zero-order valence-corrected chi connectivity index (χ0v) is 9.84. The molecule has 0 amide bonds. The van der Waals surface area contributed by atoms with E-state index in [1.54, 1.807) is 0 Å². The molecule has 1 aromatic rings. The first-order valence-electron chi connectivity index (χ1n) is 4.11. The Bertz CT molecular complexity index is 262. The highest BCUT2D eigenvalue weighted by atomic mass is 32.2. The lowest BCUT2D eigenvalue weighted by Gasteiger charge is -2.16. The van der Waals surface area contributed by atoms with Crippen molar-refractivity contribution in [1.29, 1.82) is 0 Å². The van der Waals surface area contributed by atoms with Crippen molar-refractivity contribution in [3.05, 3.63) is 29.3 Å². The molecule has 1 nitrogen and oxygen atoms in total. The number of benzene rings is 1. The maximum absolute atomic E-state index is 5.95. The van der Waals surface area contributed by atoms with E-state index in [-0.39, 0.29) is 0 Å². The van der Waals surface area contributed by atoms with Crippen LogP contribution in [0.25, 0.3) is 0 Å². The Morgan fingerprint density at radius 1 is 1.23 bits per heavy atom. The molecule has 0 saturated heterocycles. The summed E-state index contributed by atoms with van der Waals surface area (Å²) in [5.74, 6) is 0. The van der Waals surface area contributed by atoms with E-state index in [2.05, 4.69) is 25.5 Å². The number of hydrogen-bond acceptors (Lipinski definition) is 3. The van der Waals surface area contributed by atoms with Crippen molar-refractivity contribution < 1.29 is 0 Å². The number of aryl methyl sites for hydroxylation is 1. The molecule has 0 bridgehead atoms. The van der Waals surface area contributed by atoms with Gasteiger partial charge < -0.3 is 5.73 Å². The second-order valence-corrected chi connectivity index (χ2v) is 5.07. The van der Waals surface area contributed by atoms with Crippen molar-refractivity contribution >= 4 is 29.2 Å². The van der Waals surface area contributed by atoms with Crippen LogP contribution in [0.3, 0.4) is 0 Å². The van der Waals surface area contributed by atoms with E-state index < -0.39 is 0 Å². The maximum Gasteiger partial charge on any atom is 0.0768 e. The molecular formula is C10H15NS2. The third kappa shape index (κ3) is 2.35. The van der Waals surface area contributed by atoms with Crippen molar-refractivity contribution in [1.82, 2.24) is 0 Å². The molecular weight excluding hydrogens is 198 g/mol. The lowest BCUT2D eigenvalue weighted by Crippen LogP contribution is -1.98. The highest BCUT2D eigenvalue weighted by Gasteiger charge is 2.13. The third-order valence-electron chi connectivity index (χ3n) is 2.02. The van der Waals surface area contributed by atoms with Crippen LogP contribution in [-0.4, -0.2) is 12.5 Å². The summed E-state index contributed by atoms with van der Waals surface area (Å²) in [5.41, 5.74) is 9.42. The fourth-order valence-corrected chi connectivity index (χ4v) is 3.24. The van der Waals surface area contributed by atoms with Crippen LogP contribution in [0, 0.1) is 6.92 Å². The largest absolute Gasteiger partial charge is 0.398 e. The van der Waals surface area contributed by atoms with E-state index >= 15 is 0 Å². The van der Waals surface area contributed by atoms with Gasteiger partial charge in [0.25, 0.3) is 0 Å². The minimum Gasteiger partial charge on any atom is -0.398 e. The molecule has 0 aliphatic rings. The molecule has 1 aromatic carbocycles. The summed E-state index contributed by atoms with van der Waals surface area (Å²) in [4.78, 5) is 0. The van der Waals surface area contributed by atoms with Crippen LogP contribution in [0.4, 0.5) is 5.69 Å². The van der Waals surface area contributed by atoms with Crippen molar-refractivity contribution in [3.8, 4) is 0 Å². The standard InChI is InChI=1S/C10H15NS2/c1-7-5-4-6-8(11)9(7)10(12-2)13-3/h4-6,10H,11H2,1-3H3. The Morgan fingerprint density at radius 3 is 2.31 bits per heavy atom. The van der Waals surface area contributed by atoms with Crippen molar-refractivity contribution in [2.75, 3.05) is 18.2 Å². The van der Waals surface area contributed by atoms with Gasteiger partial charge in [-0.05, 0) is 31.1 Å². The highest BCUT2D eigenvalue weighted by molar-refractivity contribution is 8.15. The van der Waals surface area contributed by atoms with E-state index in [9.17, 15) is 0 Å². The van der Waals surface area contributed by atoms with Gasteiger partial charge in [-0.25, -0.2) is 0 Å². The summed E-state index contributed by atoms with van der Waals surface area (Å²) in [6.45, 7) is 2.12. The molecule has 0 spiro atoms. The molecule has 0 aromatic heterocycles. The molecule has 0 fully saturated rings.